The second-order valence-electron chi connectivity index (χ2n) is 7.95. The van der Waals surface area contributed by atoms with Gasteiger partial charge in [-0.2, -0.15) is 0 Å². The number of hydrogen-bond acceptors (Lipinski definition) is 1. The van der Waals surface area contributed by atoms with Crippen LogP contribution in [0.2, 0.25) is 0 Å². The molecule has 0 aromatic heterocycles. The lowest BCUT2D eigenvalue weighted by Gasteiger charge is -2.07. The SMILES string of the molecule is CCCCCCCCCCCCCCNC(=O)c1ccc(CCCC)cc1. The summed E-state index contributed by atoms with van der Waals surface area (Å²) in [7, 11) is 0. The number of carbonyl (C=O) groups excluding carboxylic acids is 1. The van der Waals surface area contributed by atoms with E-state index in [-0.39, 0.29) is 5.91 Å². The highest BCUT2D eigenvalue weighted by atomic mass is 16.1. The van der Waals surface area contributed by atoms with Gasteiger partial charge in [0, 0.05) is 12.1 Å². The number of nitrogens with one attached hydrogen (secondary N) is 1. The minimum absolute atomic E-state index is 0.0696. The number of amides is 1. The Morgan fingerprint density at radius 3 is 1.67 bits per heavy atom. The van der Waals surface area contributed by atoms with Gasteiger partial charge in [-0.3, -0.25) is 4.79 Å². The fourth-order valence-corrected chi connectivity index (χ4v) is 3.47. The summed E-state index contributed by atoms with van der Waals surface area (Å²) in [5.41, 5.74) is 2.11. The maximum atomic E-state index is 12.2. The van der Waals surface area contributed by atoms with Crippen molar-refractivity contribution in [2.24, 2.45) is 0 Å². The van der Waals surface area contributed by atoms with Gasteiger partial charge < -0.3 is 5.32 Å². The number of rotatable bonds is 17. The van der Waals surface area contributed by atoms with Crippen LogP contribution in [0.15, 0.2) is 24.3 Å². The second-order valence-corrected chi connectivity index (χ2v) is 7.95. The quantitative estimate of drug-likeness (QED) is 0.282. The van der Waals surface area contributed by atoms with E-state index in [0.717, 1.165) is 24.9 Å². The summed E-state index contributed by atoms with van der Waals surface area (Å²) in [6.07, 6.45) is 19.7. The Morgan fingerprint density at radius 2 is 1.15 bits per heavy atom. The van der Waals surface area contributed by atoms with E-state index in [1.807, 2.05) is 12.1 Å². The van der Waals surface area contributed by atoms with Crippen molar-refractivity contribution in [2.75, 3.05) is 6.54 Å². The molecule has 0 bridgehead atoms. The van der Waals surface area contributed by atoms with Crippen molar-refractivity contribution in [3.8, 4) is 0 Å². The van der Waals surface area contributed by atoms with Gasteiger partial charge in [-0.1, -0.05) is 103 Å². The summed E-state index contributed by atoms with van der Waals surface area (Å²) in [5.74, 6) is 0.0696. The molecule has 0 fully saturated rings. The van der Waals surface area contributed by atoms with E-state index in [4.69, 9.17) is 0 Å². The molecule has 154 valence electrons. The summed E-state index contributed by atoms with van der Waals surface area (Å²) >= 11 is 0. The van der Waals surface area contributed by atoms with E-state index < -0.39 is 0 Å². The first-order valence-electron chi connectivity index (χ1n) is 11.6. The smallest absolute Gasteiger partial charge is 0.251 e. The zero-order chi connectivity index (χ0) is 19.6. The molecule has 0 aliphatic rings. The average molecular weight is 374 g/mol. The highest BCUT2D eigenvalue weighted by Gasteiger charge is 2.04. The van der Waals surface area contributed by atoms with E-state index in [1.165, 1.54) is 89.0 Å². The molecule has 0 atom stereocenters. The minimum Gasteiger partial charge on any atom is -0.352 e. The predicted molar refractivity (Wildman–Crippen MR) is 118 cm³/mol. The molecule has 0 radical (unpaired) electrons. The lowest BCUT2D eigenvalue weighted by Crippen LogP contribution is -2.24. The summed E-state index contributed by atoms with van der Waals surface area (Å²) in [4.78, 5) is 12.2. The maximum absolute atomic E-state index is 12.2. The highest BCUT2D eigenvalue weighted by molar-refractivity contribution is 5.94. The Hall–Kier alpha value is -1.31. The van der Waals surface area contributed by atoms with Crippen LogP contribution in [0.25, 0.3) is 0 Å². The third-order valence-electron chi connectivity index (χ3n) is 5.35. The van der Waals surface area contributed by atoms with Crippen LogP contribution in [0.4, 0.5) is 0 Å². The van der Waals surface area contributed by atoms with E-state index in [2.05, 4.69) is 31.3 Å². The lowest BCUT2D eigenvalue weighted by atomic mass is 10.1. The topological polar surface area (TPSA) is 29.1 Å². The fourth-order valence-electron chi connectivity index (χ4n) is 3.47. The van der Waals surface area contributed by atoms with Crippen LogP contribution >= 0.6 is 0 Å². The van der Waals surface area contributed by atoms with Gasteiger partial charge in [-0.05, 0) is 37.0 Å². The molecule has 1 aromatic rings. The zero-order valence-electron chi connectivity index (χ0n) is 18.0. The van der Waals surface area contributed by atoms with E-state index >= 15 is 0 Å². The molecule has 0 aliphatic carbocycles. The third-order valence-corrected chi connectivity index (χ3v) is 5.35. The molecule has 2 nitrogen and oxygen atoms in total. The molecule has 0 unspecified atom stereocenters. The van der Waals surface area contributed by atoms with Crippen LogP contribution in [-0.4, -0.2) is 12.5 Å². The Kier molecular flexibility index (Phi) is 14.8. The average Bonchev–Trinajstić information content (AvgIpc) is 2.70. The van der Waals surface area contributed by atoms with Gasteiger partial charge in [0.25, 0.3) is 5.91 Å². The van der Waals surface area contributed by atoms with Crippen molar-refractivity contribution in [3.63, 3.8) is 0 Å². The first-order chi connectivity index (χ1) is 13.3. The fraction of sp³-hybridized carbons (Fsp3) is 0.720. The van der Waals surface area contributed by atoms with Gasteiger partial charge >= 0.3 is 0 Å². The van der Waals surface area contributed by atoms with Gasteiger partial charge in [-0.15, -0.1) is 0 Å². The number of benzene rings is 1. The molecule has 1 N–H and O–H groups in total. The van der Waals surface area contributed by atoms with Crippen LogP contribution in [0.1, 0.15) is 120 Å². The Morgan fingerprint density at radius 1 is 0.667 bits per heavy atom. The van der Waals surface area contributed by atoms with E-state index in [9.17, 15) is 4.79 Å². The monoisotopic (exact) mass is 373 g/mol. The van der Waals surface area contributed by atoms with Crippen molar-refractivity contribution >= 4 is 5.91 Å². The molecule has 0 aliphatic heterocycles. The number of hydrogen-bond donors (Lipinski definition) is 1. The summed E-state index contributed by atoms with van der Waals surface area (Å²) < 4.78 is 0. The summed E-state index contributed by atoms with van der Waals surface area (Å²) in [6, 6.07) is 8.11. The van der Waals surface area contributed by atoms with Crippen molar-refractivity contribution in [2.45, 2.75) is 110 Å². The molecule has 1 rings (SSSR count). The van der Waals surface area contributed by atoms with Crippen LogP contribution < -0.4 is 5.32 Å². The number of unbranched alkanes of at least 4 members (excludes halogenated alkanes) is 12. The van der Waals surface area contributed by atoms with Crippen molar-refractivity contribution in [1.29, 1.82) is 0 Å². The molecular formula is C25H43NO. The van der Waals surface area contributed by atoms with Gasteiger partial charge in [0.2, 0.25) is 0 Å². The molecule has 27 heavy (non-hydrogen) atoms. The first-order valence-corrected chi connectivity index (χ1v) is 11.6. The molecular weight excluding hydrogens is 330 g/mol. The van der Waals surface area contributed by atoms with E-state index in [1.54, 1.807) is 0 Å². The van der Waals surface area contributed by atoms with Gasteiger partial charge in [0.05, 0.1) is 0 Å². The van der Waals surface area contributed by atoms with Crippen molar-refractivity contribution in [3.05, 3.63) is 35.4 Å². The lowest BCUT2D eigenvalue weighted by molar-refractivity contribution is 0.0953. The van der Waals surface area contributed by atoms with E-state index in [0.29, 0.717) is 0 Å². The summed E-state index contributed by atoms with van der Waals surface area (Å²) in [5, 5.41) is 3.06. The Labute approximate surface area is 168 Å². The maximum Gasteiger partial charge on any atom is 0.251 e. The molecule has 1 aromatic carbocycles. The van der Waals surface area contributed by atoms with Gasteiger partial charge in [0.1, 0.15) is 0 Å². The van der Waals surface area contributed by atoms with Gasteiger partial charge in [-0.25, -0.2) is 0 Å². The molecule has 0 spiro atoms. The van der Waals surface area contributed by atoms with Crippen LogP contribution in [0.3, 0.4) is 0 Å². The second kappa shape index (κ2) is 16.8. The number of aryl methyl sites for hydroxylation is 1. The van der Waals surface area contributed by atoms with Crippen LogP contribution in [0, 0.1) is 0 Å². The number of carbonyl (C=O) groups is 1. The molecule has 0 saturated carbocycles. The Bertz CT molecular complexity index is 466. The molecule has 0 saturated heterocycles. The molecule has 0 heterocycles. The molecule has 2 heteroatoms. The molecule has 1 amide bonds. The van der Waals surface area contributed by atoms with Crippen molar-refractivity contribution < 1.29 is 4.79 Å². The normalized spacial score (nSPS) is 10.9. The van der Waals surface area contributed by atoms with Gasteiger partial charge in [0.15, 0.2) is 0 Å². The highest BCUT2D eigenvalue weighted by Crippen LogP contribution is 2.12. The van der Waals surface area contributed by atoms with Crippen LogP contribution in [0.5, 0.6) is 0 Å². The predicted octanol–water partition coefficient (Wildman–Crippen LogP) is 7.46. The third kappa shape index (κ3) is 12.7. The Balaban J connectivity index is 1.95. The first kappa shape index (κ1) is 23.7. The summed E-state index contributed by atoms with van der Waals surface area (Å²) in [6.45, 7) is 5.28. The van der Waals surface area contributed by atoms with Crippen LogP contribution in [-0.2, 0) is 6.42 Å². The minimum atomic E-state index is 0.0696. The van der Waals surface area contributed by atoms with Crippen molar-refractivity contribution in [1.82, 2.24) is 5.32 Å². The zero-order valence-corrected chi connectivity index (χ0v) is 18.0. The largest absolute Gasteiger partial charge is 0.352 e. The standard InChI is InChI=1S/C25H43NO/c1-3-5-7-8-9-10-11-12-13-14-15-16-22-26-25(27)24-20-18-23(19-21-24)17-6-4-2/h18-21H,3-17,22H2,1-2H3,(H,26,27).